The topological polar surface area (TPSA) is 161 Å². The van der Waals surface area contributed by atoms with Crippen LogP contribution < -0.4 is 27.0 Å². The lowest BCUT2D eigenvalue weighted by atomic mass is 9.86. The SMILES string of the molecule is CCC[C@](C)(CNC(O)ONC(=O)NNC(=O)NC)C(=O)O. The molecule has 11 nitrogen and oxygen atoms in total. The fourth-order valence-corrected chi connectivity index (χ4v) is 1.49. The lowest BCUT2D eigenvalue weighted by Gasteiger charge is -2.26. The Bertz CT molecular complexity index is 393. The molecule has 0 saturated heterocycles. The zero-order chi connectivity index (χ0) is 17.2. The predicted octanol–water partition coefficient (Wildman–Crippen LogP) is -1.18. The van der Waals surface area contributed by atoms with Gasteiger partial charge in [0.05, 0.1) is 5.41 Å². The lowest BCUT2D eigenvalue weighted by Crippen LogP contribution is -2.52. The summed E-state index contributed by atoms with van der Waals surface area (Å²) in [6.07, 6.45) is -0.541. The highest BCUT2D eigenvalue weighted by molar-refractivity contribution is 5.79. The minimum absolute atomic E-state index is 0.0584. The van der Waals surface area contributed by atoms with Crippen LogP contribution in [-0.2, 0) is 9.63 Å². The van der Waals surface area contributed by atoms with Crippen LogP contribution in [0.5, 0.6) is 0 Å². The van der Waals surface area contributed by atoms with E-state index in [1.807, 2.05) is 17.8 Å². The van der Waals surface area contributed by atoms with E-state index in [9.17, 15) is 19.5 Å². The van der Waals surface area contributed by atoms with E-state index in [-0.39, 0.29) is 6.54 Å². The summed E-state index contributed by atoms with van der Waals surface area (Å²) < 4.78 is 0. The fourth-order valence-electron chi connectivity index (χ4n) is 1.49. The van der Waals surface area contributed by atoms with E-state index in [1.165, 1.54) is 14.0 Å². The van der Waals surface area contributed by atoms with Crippen molar-refractivity contribution in [2.45, 2.75) is 33.1 Å². The van der Waals surface area contributed by atoms with Crippen molar-refractivity contribution < 1.29 is 29.4 Å². The van der Waals surface area contributed by atoms with Crippen LogP contribution >= 0.6 is 0 Å². The summed E-state index contributed by atoms with van der Waals surface area (Å²) in [5.41, 5.74) is 4.64. The largest absolute Gasteiger partial charge is 0.481 e. The Labute approximate surface area is 127 Å². The number of hydrogen-bond donors (Lipinski definition) is 7. The molecule has 0 aliphatic carbocycles. The van der Waals surface area contributed by atoms with Gasteiger partial charge < -0.3 is 15.5 Å². The molecular formula is C11H23N5O6. The van der Waals surface area contributed by atoms with Crippen molar-refractivity contribution in [1.29, 1.82) is 0 Å². The van der Waals surface area contributed by atoms with Crippen LogP contribution in [0.25, 0.3) is 0 Å². The third-order valence-electron chi connectivity index (χ3n) is 2.76. The normalized spacial score (nSPS) is 14.4. The minimum Gasteiger partial charge on any atom is -0.481 e. The van der Waals surface area contributed by atoms with Crippen LogP contribution in [0.1, 0.15) is 26.7 Å². The fraction of sp³-hybridized carbons (Fsp3) is 0.727. The van der Waals surface area contributed by atoms with Gasteiger partial charge in [0.15, 0.2) is 0 Å². The first-order valence-electron chi connectivity index (χ1n) is 6.59. The minimum atomic E-state index is -1.61. The summed E-state index contributed by atoms with van der Waals surface area (Å²) >= 11 is 0. The highest BCUT2D eigenvalue weighted by Gasteiger charge is 2.32. The number of carboxylic acid groups (broad SMARTS) is 1. The maximum Gasteiger partial charge on any atom is 0.357 e. The van der Waals surface area contributed by atoms with Crippen molar-refractivity contribution in [3.8, 4) is 0 Å². The molecule has 2 atom stereocenters. The van der Waals surface area contributed by atoms with Crippen molar-refractivity contribution in [2.75, 3.05) is 13.6 Å². The van der Waals surface area contributed by atoms with E-state index < -0.39 is 29.9 Å². The van der Waals surface area contributed by atoms with Gasteiger partial charge in [0.1, 0.15) is 0 Å². The van der Waals surface area contributed by atoms with Gasteiger partial charge in [0, 0.05) is 13.6 Å². The standard InChI is InChI=1S/C11H23N5O6/c1-4-5-11(2,7(17)18)6-13-10(21)22-16-9(20)15-14-8(19)12-3/h10,13,21H,4-6H2,1-3H3,(H,17,18)(H2,12,14,19)(H2,15,16,20)/t10?,11-/m1/s1. The van der Waals surface area contributed by atoms with E-state index in [2.05, 4.69) is 15.5 Å². The van der Waals surface area contributed by atoms with Gasteiger partial charge in [-0.1, -0.05) is 13.3 Å². The Hall–Kier alpha value is -2.11. The molecule has 0 saturated carbocycles. The molecule has 0 fully saturated rings. The van der Waals surface area contributed by atoms with Gasteiger partial charge in [0.2, 0.25) is 6.41 Å². The second kappa shape index (κ2) is 9.76. The molecule has 11 heteroatoms. The van der Waals surface area contributed by atoms with Crippen molar-refractivity contribution >= 4 is 18.0 Å². The summed E-state index contributed by atoms with van der Waals surface area (Å²) in [5, 5.41) is 23.2. The van der Waals surface area contributed by atoms with Gasteiger partial charge in [-0.25, -0.2) is 30.8 Å². The number of nitrogens with one attached hydrogen (secondary N) is 5. The number of hydrogen-bond acceptors (Lipinski definition) is 6. The van der Waals surface area contributed by atoms with Crippen LogP contribution in [0.15, 0.2) is 0 Å². The van der Waals surface area contributed by atoms with Crippen LogP contribution in [-0.4, -0.2) is 48.3 Å². The molecule has 22 heavy (non-hydrogen) atoms. The zero-order valence-electron chi connectivity index (χ0n) is 12.7. The van der Waals surface area contributed by atoms with Crippen molar-refractivity contribution in [2.24, 2.45) is 5.41 Å². The Morgan fingerprint density at radius 1 is 1.23 bits per heavy atom. The molecule has 4 amide bonds. The highest BCUT2D eigenvalue weighted by Crippen LogP contribution is 2.22. The van der Waals surface area contributed by atoms with Crippen LogP contribution in [0, 0.1) is 5.41 Å². The number of amides is 4. The molecule has 128 valence electrons. The average molecular weight is 321 g/mol. The van der Waals surface area contributed by atoms with Gasteiger partial charge in [-0.3, -0.25) is 10.1 Å². The molecule has 0 bridgehead atoms. The summed E-state index contributed by atoms with van der Waals surface area (Å²) in [7, 11) is 1.36. The average Bonchev–Trinajstić information content (AvgIpc) is 2.48. The number of hydrazine groups is 1. The van der Waals surface area contributed by atoms with E-state index in [1.54, 1.807) is 5.48 Å². The molecule has 0 radical (unpaired) electrons. The molecule has 0 heterocycles. The molecular weight excluding hydrogens is 298 g/mol. The summed E-state index contributed by atoms with van der Waals surface area (Å²) in [6, 6.07) is -1.58. The molecule has 0 rings (SSSR count). The first-order chi connectivity index (χ1) is 10.2. The number of carbonyl (C=O) groups excluding carboxylic acids is 2. The van der Waals surface area contributed by atoms with E-state index in [0.29, 0.717) is 12.8 Å². The van der Waals surface area contributed by atoms with E-state index in [4.69, 9.17) is 5.11 Å². The Morgan fingerprint density at radius 2 is 1.82 bits per heavy atom. The second-order valence-electron chi connectivity index (χ2n) is 4.73. The molecule has 7 N–H and O–H groups in total. The number of aliphatic hydroxyl groups is 1. The highest BCUT2D eigenvalue weighted by atomic mass is 16.7. The summed E-state index contributed by atoms with van der Waals surface area (Å²) in [4.78, 5) is 37.6. The Kier molecular flexibility index (Phi) is 8.82. The second-order valence-corrected chi connectivity index (χ2v) is 4.73. The molecule has 0 aliphatic rings. The van der Waals surface area contributed by atoms with Crippen molar-refractivity contribution in [3.63, 3.8) is 0 Å². The quantitative estimate of drug-likeness (QED) is 0.218. The predicted molar refractivity (Wildman–Crippen MR) is 75.0 cm³/mol. The third-order valence-corrected chi connectivity index (χ3v) is 2.76. The van der Waals surface area contributed by atoms with Gasteiger partial charge in [-0.2, -0.15) is 0 Å². The molecule has 0 aromatic carbocycles. The molecule has 0 spiro atoms. The monoisotopic (exact) mass is 321 g/mol. The number of urea groups is 2. The number of carbonyl (C=O) groups is 3. The first kappa shape index (κ1) is 19.9. The first-order valence-corrected chi connectivity index (χ1v) is 6.59. The summed E-state index contributed by atoms with van der Waals surface area (Å²) in [6.45, 7) is 3.32. The summed E-state index contributed by atoms with van der Waals surface area (Å²) in [5.74, 6) is -1.01. The smallest absolute Gasteiger partial charge is 0.357 e. The number of aliphatic hydroxyl groups excluding tert-OH is 1. The molecule has 0 aliphatic heterocycles. The Morgan fingerprint density at radius 3 is 2.32 bits per heavy atom. The Balaban J connectivity index is 4.08. The van der Waals surface area contributed by atoms with E-state index in [0.717, 1.165) is 0 Å². The van der Waals surface area contributed by atoms with Crippen LogP contribution in [0.2, 0.25) is 0 Å². The number of hydroxylamine groups is 1. The van der Waals surface area contributed by atoms with Crippen LogP contribution in [0.3, 0.4) is 0 Å². The number of aliphatic carboxylic acids is 1. The van der Waals surface area contributed by atoms with Crippen molar-refractivity contribution in [1.82, 2.24) is 27.0 Å². The van der Waals surface area contributed by atoms with Gasteiger partial charge in [0.25, 0.3) is 0 Å². The van der Waals surface area contributed by atoms with E-state index >= 15 is 0 Å². The number of rotatable bonds is 8. The lowest BCUT2D eigenvalue weighted by molar-refractivity contribution is -0.161. The van der Waals surface area contributed by atoms with Gasteiger partial charge in [-0.05, 0) is 13.3 Å². The zero-order valence-corrected chi connectivity index (χ0v) is 12.7. The van der Waals surface area contributed by atoms with Gasteiger partial charge in [-0.15, -0.1) is 0 Å². The third kappa shape index (κ3) is 7.61. The molecule has 0 aromatic rings. The maximum absolute atomic E-state index is 11.2. The maximum atomic E-state index is 11.2. The molecule has 0 aromatic heterocycles. The number of carboxylic acids is 1. The van der Waals surface area contributed by atoms with Crippen LogP contribution in [0.4, 0.5) is 9.59 Å². The molecule has 1 unspecified atom stereocenters. The van der Waals surface area contributed by atoms with Crippen molar-refractivity contribution in [3.05, 3.63) is 0 Å². The van der Waals surface area contributed by atoms with Gasteiger partial charge >= 0.3 is 18.0 Å².